The molecule has 2 aromatic carbocycles. The molecule has 250 valence electrons. The average Bonchev–Trinajstić information content (AvgIpc) is 2.89. The average molecular weight is 639 g/mol. The van der Waals surface area contributed by atoms with Gasteiger partial charge in [-0.05, 0) is 104 Å². The number of benzene rings is 2. The largest absolute Gasteiger partial charge is 0.489 e. The number of carbonyl (C=O) groups is 4. The van der Waals surface area contributed by atoms with Crippen molar-refractivity contribution in [1.82, 2.24) is 15.5 Å². The zero-order valence-corrected chi connectivity index (χ0v) is 28.2. The van der Waals surface area contributed by atoms with Crippen LogP contribution in [0.5, 0.6) is 5.75 Å². The fraction of sp³-hybridized carbons (Fsp3) is 0.500. The van der Waals surface area contributed by atoms with Gasteiger partial charge in [0.1, 0.15) is 35.7 Å². The summed E-state index contributed by atoms with van der Waals surface area (Å²) in [4.78, 5) is 55.7. The van der Waals surface area contributed by atoms with Crippen molar-refractivity contribution >= 4 is 30.0 Å². The highest BCUT2D eigenvalue weighted by Crippen LogP contribution is 2.25. The Morgan fingerprint density at radius 1 is 0.783 bits per heavy atom. The number of carbonyl (C=O) groups excluding carboxylic acids is 4. The number of rotatable bonds is 7. The van der Waals surface area contributed by atoms with Crippen molar-refractivity contribution in [2.24, 2.45) is 4.99 Å². The van der Waals surface area contributed by atoms with Crippen molar-refractivity contribution in [2.75, 3.05) is 13.1 Å². The Morgan fingerprint density at radius 2 is 1.33 bits per heavy atom. The van der Waals surface area contributed by atoms with E-state index in [9.17, 15) is 19.2 Å². The van der Waals surface area contributed by atoms with Crippen LogP contribution in [0.2, 0.25) is 0 Å². The smallest absolute Gasteiger partial charge is 0.414 e. The highest BCUT2D eigenvalue weighted by atomic mass is 16.6. The lowest BCUT2D eigenvalue weighted by molar-refractivity contribution is -0.155. The summed E-state index contributed by atoms with van der Waals surface area (Å²) in [6.07, 6.45) is -0.928. The van der Waals surface area contributed by atoms with Crippen LogP contribution in [-0.4, -0.2) is 64.8 Å². The molecule has 1 aliphatic heterocycles. The van der Waals surface area contributed by atoms with Gasteiger partial charge in [-0.2, -0.15) is 0 Å². The van der Waals surface area contributed by atoms with Crippen LogP contribution >= 0.6 is 0 Å². The number of aliphatic imine (C=N–C) groups is 1. The second kappa shape index (κ2) is 14.7. The first-order chi connectivity index (χ1) is 21.3. The number of guanidine groups is 1. The van der Waals surface area contributed by atoms with Crippen molar-refractivity contribution in [1.29, 1.82) is 0 Å². The van der Waals surface area contributed by atoms with Gasteiger partial charge < -0.3 is 23.8 Å². The molecule has 0 atom stereocenters. The van der Waals surface area contributed by atoms with E-state index in [1.165, 1.54) is 4.90 Å². The van der Waals surface area contributed by atoms with E-state index in [2.05, 4.69) is 15.6 Å². The molecule has 0 unspecified atom stereocenters. The molecule has 2 aromatic rings. The Balaban J connectivity index is 1.59. The predicted molar refractivity (Wildman–Crippen MR) is 173 cm³/mol. The maximum absolute atomic E-state index is 13.0. The van der Waals surface area contributed by atoms with Crippen LogP contribution < -0.4 is 15.4 Å². The summed E-state index contributed by atoms with van der Waals surface area (Å²) in [5.74, 6) is -0.109. The maximum atomic E-state index is 13.0. The number of hydrogen-bond donors (Lipinski definition) is 2. The standard InChI is InChI=1S/C34H46N4O8/c1-32(2,3)44-27(39)20-38-17-16-24-18-25(14-15-26(24)28(38)40)43-21-23-12-10-22(11-13-23)19-35-29(36-30(41)45-33(4,5)6)37-31(42)46-34(7,8)9/h10-15,18H,16-17,19-21H2,1-9H3,(H2,35,36,37,41,42). The van der Waals surface area contributed by atoms with Crippen LogP contribution in [0.3, 0.4) is 0 Å². The van der Waals surface area contributed by atoms with E-state index in [-0.39, 0.29) is 25.0 Å². The minimum absolute atomic E-state index is 0.0864. The number of nitrogens with one attached hydrogen (secondary N) is 2. The number of nitrogens with zero attached hydrogens (tertiary/aromatic N) is 2. The van der Waals surface area contributed by atoms with Crippen molar-refractivity contribution in [2.45, 2.75) is 98.7 Å². The minimum atomic E-state index is -0.764. The van der Waals surface area contributed by atoms with Crippen LogP contribution in [0.15, 0.2) is 47.5 Å². The summed E-state index contributed by atoms with van der Waals surface area (Å²) in [7, 11) is 0. The van der Waals surface area contributed by atoms with Gasteiger partial charge >= 0.3 is 18.2 Å². The van der Waals surface area contributed by atoms with Gasteiger partial charge in [-0.25, -0.2) is 14.6 Å². The molecule has 3 amide bonds. The van der Waals surface area contributed by atoms with E-state index >= 15 is 0 Å². The molecule has 0 fully saturated rings. The zero-order valence-electron chi connectivity index (χ0n) is 28.2. The quantitative estimate of drug-likeness (QED) is 0.175. The first-order valence-corrected chi connectivity index (χ1v) is 15.2. The summed E-state index contributed by atoms with van der Waals surface area (Å²) < 4.78 is 21.9. The highest BCUT2D eigenvalue weighted by molar-refractivity contribution is 6.01. The zero-order chi connectivity index (χ0) is 34.3. The normalized spacial score (nSPS) is 13.2. The topological polar surface area (TPSA) is 145 Å². The molecule has 1 aliphatic rings. The molecular formula is C34H46N4O8. The molecule has 0 aromatic heterocycles. The van der Waals surface area contributed by atoms with Gasteiger partial charge in [-0.1, -0.05) is 24.3 Å². The molecule has 0 spiro atoms. The monoisotopic (exact) mass is 638 g/mol. The van der Waals surface area contributed by atoms with Crippen LogP contribution in [0.1, 0.15) is 89.4 Å². The third-order valence-corrected chi connectivity index (χ3v) is 6.07. The molecule has 0 saturated carbocycles. The molecule has 46 heavy (non-hydrogen) atoms. The van der Waals surface area contributed by atoms with Crippen LogP contribution in [0, 0.1) is 0 Å². The van der Waals surface area contributed by atoms with Crippen molar-refractivity contribution in [3.8, 4) is 5.75 Å². The molecule has 2 N–H and O–H groups in total. The molecule has 0 bridgehead atoms. The predicted octanol–water partition coefficient (Wildman–Crippen LogP) is 5.51. The molecule has 0 radical (unpaired) electrons. The second-order valence-electron chi connectivity index (χ2n) is 13.9. The summed E-state index contributed by atoms with van der Waals surface area (Å²) in [6, 6.07) is 12.8. The maximum Gasteiger partial charge on any atom is 0.414 e. The SMILES string of the molecule is CC(C)(C)OC(=O)CN1CCc2cc(OCc3ccc(CN=C(NC(=O)OC(C)(C)C)NC(=O)OC(C)(C)C)cc3)ccc2C1=O. The van der Waals surface area contributed by atoms with E-state index in [0.29, 0.717) is 30.9 Å². The van der Waals surface area contributed by atoms with Gasteiger partial charge in [0, 0.05) is 12.1 Å². The van der Waals surface area contributed by atoms with Crippen molar-refractivity contribution in [3.05, 3.63) is 64.7 Å². The lowest BCUT2D eigenvalue weighted by Gasteiger charge is -2.29. The third kappa shape index (κ3) is 12.4. The van der Waals surface area contributed by atoms with E-state index in [1.54, 1.807) is 74.4 Å². The fourth-order valence-electron chi connectivity index (χ4n) is 4.27. The Hall–Kier alpha value is -4.61. The Labute approximate surface area is 270 Å². The lowest BCUT2D eigenvalue weighted by Crippen LogP contribution is -2.47. The molecule has 12 nitrogen and oxygen atoms in total. The lowest BCUT2D eigenvalue weighted by atomic mass is 9.98. The van der Waals surface area contributed by atoms with Crippen LogP contribution in [-0.2, 0) is 38.6 Å². The van der Waals surface area contributed by atoms with Crippen LogP contribution in [0.25, 0.3) is 0 Å². The summed E-state index contributed by atoms with van der Waals surface area (Å²) in [5, 5.41) is 4.93. The first-order valence-electron chi connectivity index (χ1n) is 15.2. The number of alkyl carbamates (subject to hydrolysis) is 2. The van der Waals surface area contributed by atoms with Gasteiger partial charge in [0.05, 0.1) is 6.54 Å². The number of hydrogen-bond acceptors (Lipinski definition) is 9. The molecule has 12 heteroatoms. The third-order valence-electron chi connectivity index (χ3n) is 6.07. The first kappa shape index (κ1) is 35.9. The number of amides is 3. The van der Waals surface area contributed by atoms with Gasteiger partial charge in [0.2, 0.25) is 5.96 Å². The Kier molecular flexibility index (Phi) is 11.4. The molecule has 1 heterocycles. The van der Waals surface area contributed by atoms with Crippen molar-refractivity contribution in [3.63, 3.8) is 0 Å². The Bertz CT molecular complexity index is 1420. The Morgan fingerprint density at radius 3 is 1.87 bits per heavy atom. The van der Waals surface area contributed by atoms with E-state index in [1.807, 2.05) is 30.3 Å². The number of esters is 1. The molecule has 0 aliphatic carbocycles. The second-order valence-corrected chi connectivity index (χ2v) is 13.9. The summed E-state index contributed by atoms with van der Waals surface area (Å²) >= 11 is 0. The van der Waals surface area contributed by atoms with E-state index in [4.69, 9.17) is 18.9 Å². The van der Waals surface area contributed by atoms with Gasteiger partial charge in [-0.3, -0.25) is 20.2 Å². The summed E-state index contributed by atoms with van der Waals surface area (Å²) in [6.45, 7) is 16.5. The molecule has 0 saturated heterocycles. The number of ether oxygens (including phenoxy) is 4. The fourth-order valence-corrected chi connectivity index (χ4v) is 4.27. The van der Waals surface area contributed by atoms with E-state index in [0.717, 1.165) is 16.7 Å². The minimum Gasteiger partial charge on any atom is -0.489 e. The van der Waals surface area contributed by atoms with Crippen molar-refractivity contribution < 1.29 is 38.1 Å². The summed E-state index contributed by atoms with van der Waals surface area (Å²) in [5.41, 5.74) is 1.06. The van der Waals surface area contributed by atoms with Crippen LogP contribution in [0.4, 0.5) is 9.59 Å². The van der Waals surface area contributed by atoms with Gasteiger partial charge in [0.25, 0.3) is 5.91 Å². The molecular weight excluding hydrogens is 592 g/mol. The van der Waals surface area contributed by atoms with E-state index < -0.39 is 35.0 Å². The highest BCUT2D eigenvalue weighted by Gasteiger charge is 2.28. The van der Waals surface area contributed by atoms with Gasteiger partial charge in [-0.15, -0.1) is 0 Å². The number of fused-ring (bicyclic) bond motifs is 1. The van der Waals surface area contributed by atoms with Gasteiger partial charge in [0.15, 0.2) is 0 Å². The molecule has 3 rings (SSSR count).